The number of hydrogen-bond acceptors (Lipinski definition) is 2. The van der Waals surface area contributed by atoms with Gasteiger partial charge < -0.3 is 4.79 Å². The summed E-state index contributed by atoms with van der Waals surface area (Å²) in [6.45, 7) is 6.32. The molecule has 2 atom stereocenters. The van der Waals surface area contributed by atoms with Gasteiger partial charge in [0, 0.05) is 12.6 Å². The monoisotopic (exact) mass is 273 g/mol. The molecule has 0 radical (unpaired) electrons. The van der Waals surface area contributed by atoms with Crippen LogP contribution in [0.4, 0.5) is 0 Å². The summed E-state index contributed by atoms with van der Waals surface area (Å²) in [7, 11) is 0. The van der Waals surface area contributed by atoms with Crippen LogP contribution in [0.15, 0.2) is 30.3 Å². The first kappa shape index (κ1) is 15.2. The van der Waals surface area contributed by atoms with Crippen LogP contribution in [0.2, 0.25) is 0 Å². The fourth-order valence-electron chi connectivity index (χ4n) is 3.37. The van der Waals surface area contributed by atoms with Crippen molar-refractivity contribution >= 4 is 6.29 Å². The fourth-order valence-corrected chi connectivity index (χ4v) is 3.37. The van der Waals surface area contributed by atoms with E-state index in [4.69, 9.17) is 0 Å². The van der Waals surface area contributed by atoms with Gasteiger partial charge in [-0.2, -0.15) is 0 Å². The van der Waals surface area contributed by atoms with Crippen LogP contribution >= 0.6 is 0 Å². The third-order valence-electron chi connectivity index (χ3n) is 4.60. The van der Waals surface area contributed by atoms with E-state index in [0.717, 1.165) is 24.9 Å². The third-order valence-corrected chi connectivity index (χ3v) is 4.60. The number of rotatable bonds is 6. The second-order valence-corrected chi connectivity index (χ2v) is 6.31. The van der Waals surface area contributed by atoms with Gasteiger partial charge in [-0.25, -0.2) is 0 Å². The van der Waals surface area contributed by atoms with Gasteiger partial charge in [-0.05, 0) is 38.3 Å². The molecule has 1 fully saturated rings. The molecule has 0 bridgehead atoms. The Kier molecular flexibility index (Phi) is 5.36. The van der Waals surface area contributed by atoms with E-state index >= 15 is 0 Å². The molecule has 2 heteroatoms. The van der Waals surface area contributed by atoms with Gasteiger partial charge in [0.25, 0.3) is 0 Å². The van der Waals surface area contributed by atoms with Crippen LogP contribution in [-0.4, -0.2) is 30.3 Å². The Morgan fingerprint density at radius 1 is 1.30 bits per heavy atom. The Morgan fingerprint density at radius 2 is 2.05 bits per heavy atom. The molecule has 0 amide bonds. The predicted octanol–water partition coefficient (Wildman–Crippen LogP) is 3.80. The Hall–Kier alpha value is -1.15. The molecular formula is C18H27NO. The van der Waals surface area contributed by atoms with Crippen molar-refractivity contribution in [3.8, 4) is 0 Å². The van der Waals surface area contributed by atoms with Crippen molar-refractivity contribution in [2.24, 2.45) is 0 Å². The summed E-state index contributed by atoms with van der Waals surface area (Å²) in [6, 6.07) is 10.9. The van der Waals surface area contributed by atoms with Crippen LogP contribution in [0.1, 0.15) is 51.5 Å². The van der Waals surface area contributed by atoms with Crippen LogP contribution in [0.3, 0.4) is 0 Å². The quantitative estimate of drug-likeness (QED) is 0.735. The van der Waals surface area contributed by atoms with E-state index in [1.807, 2.05) is 18.2 Å². The Morgan fingerprint density at radius 3 is 2.70 bits per heavy atom. The predicted molar refractivity (Wildman–Crippen MR) is 84.0 cm³/mol. The maximum absolute atomic E-state index is 11.7. The van der Waals surface area contributed by atoms with E-state index in [0.29, 0.717) is 6.04 Å². The zero-order valence-corrected chi connectivity index (χ0v) is 12.8. The van der Waals surface area contributed by atoms with Crippen LogP contribution in [0.5, 0.6) is 0 Å². The van der Waals surface area contributed by atoms with Crippen molar-refractivity contribution in [3.05, 3.63) is 35.9 Å². The Labute approximate surface area is 123 Å². The number of carbonyl (C=O) groups is 1. The van der Waals surface area contributed by atoms with Crippen molar-refractivity contribution in [1.82, 2.24) is 4.90 Å². The second kappa shape index (κ2) is 7.03. The maximum Gasteiger partial charge on any atom is 0.131 e. The molecule has 0 aromatic heterocycles. The van der Waals surface area contributed by atoms with E-state index < -0.39 is 0 Å². The van der Waals surface area contributed by atoms with Crippen LogP contribution in [0, 0.1) is 0 Å². The molecule has 2 nitrogen and oxygen atoms in total. The Bertz CT molecular complexity index is 415. The number of piperidine rings is 1. The van der Waals surface area contributed by atoms with Gasteiger partial charge in [0.1, 0.15) is 6.29 Å². The highest BCUT2D eigenvalue weighted by molar-refractivity contribution is 5.68. The third kappa shape index (κ3) is 3.49. The number of nitrogens with zero attached hydrogens (tertiary/aromatic N) is 1. The first-order valence-corrected chi connectivity index (χ1v) is 7.95. The average molecular weight is 273 g/mol. The summed E-state index contributed by atoms with van der Waals surface area (Å²) in [5.74, 6) is 0. The normalized spacial score (nSPS) is 23.2. The van der Waals surface area contributed by atoms with Gasteiger partial charge in [-0.3, -0.25) is 4.90 Å². The van der Waals surface area contributed by atoms with Crippen LogP contribution < -0.4 is 0 Å². The molecule has 0 aliphatic carbocycles. The molecule has 1 saturated heterocycles. The first-order chi connectivity index (χ1) is 9.69. The molecule has 1 aromatic rings. The number of likely N-dealkylation sites (tertiary alicyclic amines) is 1. The van der Waals surface area contributed by atoms with Gasteiger partial charge in [-0.15, -0.1) is 0 Å². The molecule has 0 spiro atoms. The van der Waals surface area contributed by atoms with E-state index in [2.05, 4.69) is 30.9 Å². The van der Waals surface area contributed by atoms with Gasteiger partial charge in [0.05, 0.1) is 5.41 Å². The molecule has 1 aliphatic heterocycles. The van der Waals surface area contributed by atoms with Gasteiger partial charge in [-0.1, -0.05) is 50.1 Å². The molecule has 110 valence electrons. The Balaban J connectivity index is 2.13. The van der Waals surface area contributed by atoms with Crippen molar-refractivity contribution < 1.29 is 4.79 Å². The highest BCUT2D eigenvalue weighted by Crippen LogP contribution is 2.28. The van der Waals surface area contributed by atoms with Crippen LogP contribution in [0.25, 0.3) is 0 Å². The second-order valence-electron chi connectivity index (χ2n) is 6.31. The van der Waals surface area contributed by atoms with Gasteiger partial charge >= 0.3 is 0 Å². The van der Waals surface area contributed by atoms with Crippen molar-refractivity contribution in [1.29, 1.82) is 0 Å². The molecule has 1 heterocycles. The summed E-state index contributed by atoms with van der Waals surface area (Å²) in [5.41, 5.74) is 0.751. The number of carbonyl (C=O) groups excluding carboxylic acids is 1. The molecular weight excluding hydrogens is 246 g/mol. The largest absolute Gasteiger partial charge is 0.302 e. The minimum atomic E-state index is -0.384. The van der Waals surface area contributed by atoms with Crippen molar-refractivity contribution in [2.75, 3.05) is 13.1 Å². The summed E-state index contributed by atoms with van der Waals surface area (Å²) in [4.78, 5) is 14.3. The zero-order valence-electron chi connectivity index (χ0n) is 12.8. The molecule has 20 heavy (non-hydrogen) atoms. The molecule has 1 aromatic carbocycles. The standard InChI is InChI=1S/C18H27NO/c1-3-9-17-12-7-8-13-19(17)14-18(2,15-20)16-10-5-4-6-11-16/h4-6,10-11,15,17H,3,7-9,12-14H2,1-2H3. The lowest BCUT2D eigenvalue weighted by atomic mass is 9.82. The number of hydrogen-bond donors (Lipinski definition) is 0. The summed E-state index contributed by atoms with van der Waals surface area (Å²) >= 11 is 0. The van der Waals surface area contributed by atoms with E-state index in [-0.39, 0.29) is 5.41 Å². The van der Waals surface area contributed by atoms with E-state index in [1.165, 1.54) is 32.1 Å². The van der Waals surface area contributed by atoms with Crippen LogP contribution in [-0.2, 0) is 10.2 Å². The summed E-state index contributed by atoms with van der Waals surface area (Å²) < 4.78 is 0. The lowest BCUT2D eigenvalue weighted by molar-refractivity contribution is -0.113. The van der Waals surface area contributed by atoms with E-state index in [9.17, 15) is 4.79 Å². The topological polar surface area (TPSA) is 20.3 Å². The molecule has 1 aliphatic rings. The number of aldehydes is 1. The molecule has 2 unspecified atom stereocenters. The van der Waals surface area contributed by atoms with Gasteiger partial charge in [0.15, 0.2) is 0 Å². The maximum atomic E-state index is 11.7. The summed E-state index contributed by atoms with van der Waals surface area (Å²) in [6.07, 6.45) is 7.51. The smallest absolute Gasteiger partial charge is 0.131 e. The van der Waals surface area contributed by atoms with Crippen molar-refractivity contribution in [3.63, 3.8) is 0 Å². The minimum absolute atomic E-state index is 0.384. The SMILES string of the molecule is CCCC1CCCCN1CC(C)(C=O)c1ccccc1. The average Bonchev–Trinajstić information content (AvgIpc) is 2.50. The lowest BCUT2D eigenvalue weighted by Gasteiger charge is -2.40. The minimum Gasteiger partial charge on any atom is -0.302 e. The fraction of sp³-hybridized carbons (Fsp3) is 0.611. The zero-order chi connectivity index (χ0) is 14.4. The highest BCUT2D eigenvalue weighted by atomic mass is 16.1. The molecule has 0 saturated carbocycles. The van der Waals surface area contributed by atoms with E-state index in [1.54, 1.807) is 0 Å². The number of benzene rings is 1. The van der Waals surface area contributed by atoms with Crippen molar-refractivity contribution in [2.45, 2.75) is 57.4 Å². The first-order valence-electron chi connectivity index (χ1n) is 7.95. The molecule has 2 rings (SSSR count). The lowest BCUT2D eigenvalue weighted by Crippen LogP contribution is -2.47. The molecule has 0 N–H and O–H groups in total. The van der Waals surface area contributed by atoms with Gasteiger partial charge in [0.2, 0.25) is 0 Å². The highest BCUT2D eigenvalue weighted by Gasteiger charge is 2.32. The summed E-state index contributed by atoms with van der Waals surface area (Å²) in [5, 5.41) is 0.